The molecule has 0 spiro atoms. The van der Waals surface area contributed by atoms with Gasteiger partial charge in [-0.2, -0.15) is 0 Å². The summed E-state index contributed by atoms with van der Waals surface area (Å²) in [7, 11) is 1.70. The van der Waals surface area contributed by atoms with Crippen molar-refractivity contribution >= 4 is 6.09 Å². The van der Waals surface area contributed by atoms with E-state index >= 15 is 0 Å². The molecule has 0 bridgehead atoms. The zero-order valence-corrected chi connectivity index (χ0v) is 13.6. The predicted octanol–water partition coefficient (Wildman–Crippen LogP) is 2.40. The minimum absolute atomic E-state index is 0.0455. The Morgan fingerprint density at radius 3 is 2.55 bits per heavy atom. The van der Waals surface area contributed by atoms with Gasteiger partial charge in [0, 0.05) is 13.7 Å². The Morgan fingerprint density at radius 1 is 1.30 bits per heavy atom. The SMILES string of the molecule is CCCCCNC1CN(C(=O)OC(C)(C)C)C[C@@H]1OC. The molecular formula is C15H30N2O3. The average molecular weight is 286 g/mol. The van der Waals surface area contributed by atoms with Crippen LogP contribution < -0.4 is 5.32 Å². The first-order chi connectivity index (χ1) is 9.37. The molecule has 0 aromatic heterocycles. The molecule has 1 amide bonds. The summed E-state index contributed by atoms with van der Waals surface area (Å²) in [6, 6.07) is 0.198. The van der Waals surface area contributed by atoms with Gasteiger partial charge in [-0.25, -0.2) is 4.79 Å². The molecule has 118 valence electrons. The minimum Gasteiger partial charge on any atom is -0.444 e. The lowest BCUT2D eigenvalue weighted by Crippen LogP contribution is -2.41. The molecule has 1 aliphatic rings. The van der Waals surface area contributed by atoms with Gasteiger partial charge in [0.15, 0.2) is 0 Å². The Morgan fingerprint density at radius 2 is 2.00 bits per heavy atom. The van der Waals surface area contributed by atoms with Crippen molar-refractivity contribution < 1.29 is 14.3 Å². The Bertz CT molecular complexity index is 302. The normalized spacial score (nSPS) is 23.1. The van der Waals surface area contributed by atoms with Crippen LogP contribution in [0.15, 0.2) is 0 Å². The Balaban J connectivity index is 2.44. The van der Waals surface area contributed by atoms with Crippen molar-refractivity contribution in [2.24, 2.45) is 0 Å². The van der Waals surface area contributed by atoms with Crippen LogP contribution >= 0.6 is 0 Å². The van der Waals surface area contributed by atoms with Crippen LogP contribution in [-0.2, 0) is 9.47 Å². The van der Waals surface area contributed by atoms with Gasteiger partial charge < -0.3 is 19.7 Å². The molecule has 1 N–H and O–H groups in total. The van der Waals surface area contributed by atoms with Crippen molar-refractivity contribution in [2.75, 3.05) is 26.7 Å². The number of methoxy groups -OCH3 is 1. The summed E-state index contributed by atoms with van der Waals surface area (Å²) in [5.74, 6) is 0. The van der Waals surface area contributed by atoms with Crippen LogP contribution in [0, 0.1) is 0 Å². The topological polar surface area (TPSA) is 50.8 Å². The zero-order valence-electron chi connectivity index (χ0n) is 13.6. The van der Waals surface area contributed by atoms with Crippen LogP contribution in [0.25, 0.3) is 0 Å². The number of ether oxygens (including phenoxy) is 2. The maximum atomic E-state index is 12.1. The van der Waals surface area contributed by atoms with Gasteiger partial charge in [-0.1, -0.05) is 19.8 Å². The van der Waals surface area contributed by atoms with Gasteiger partial charge in [0.2, 0.25) is 0 Å². The predicted molar refractivity (Wildman–Crippen MR) is 79.9 cm³/mol. The van der Waals surface area contributed by atoms with E-state index in [1.54, 1.807) is 12.0 Å². The largest absolute Gasteiger partial charge is 0.444 e. The number of nitrogens with one attached hydrogen (secondary N) is 1. The lowest BCUT2D eigenvalue weighted by atomic mass is 10.2. The summed E-state index contributed by atoms with van der Waals surface area (Å²) >= 11 is 0. The average Bonchev–Trinajstić information content (AvgIpc) is 2.76. The zero-order chi connectivity index (χ0) is 15.2. The Hall–Kier alpha value is -0.810. The number of carbonyl (C=O) groups is 1. The smallest absolute Gasteiger partial charge is 0.410 e. The highest BCUT2D eigenvalue weighted by Gasteiger charge is 2.36. The first kappa shape index (κ1) is 17.2. The van der Waals surface area contributed by atoms with E-state index in [9.17, 15) is 4.79 Å². The molecule has 1 aliphatic heterocycles. The summed E-state index contributed by atoms with van der Waals surface area (Å²) in [6.07, 6.45) is 3.40. The van der Waals surface area contributed by atoms with Crippen molar-refractivity contribution in [3.8, 4) is 0 Å². The fourth-order valence-electron chi connectivity index (χ4n) is 2.35. The molecule has 0 radical (unpaired) electrons. The number of likely N-dealkylation sites (tertiary alicyclic amines) is 1. The molecular weight excluding hydrogens is 256 g/mol. The summed E-state index contributed by atoms with van der Waals surface area (Å²) in [5.41, 5.74) is -0.452. The van der Waals surface area contributed by atoms with Gasteiger partial charge in [0.1, 0.15) is 5.60 Å². The number of unbranched alkanes of at least 4 members (excludes halogenated alkanes) is 2. The van der Waals surface area contributed by atoms with Gasteiger partial charge in [-0.3, -0.25) is 0 Å². The molecule has 1 fully saturated rings. The molecule has 5 nitrogen and oxygen atoms in total. The van der Waals surface area contributed by atoms with E-state index in [0.29, 0.717) is 13.1 Å². The Kier molecular flexibility index (Phi) is 6.76. The maximum absolute atomic E-state index is 12.1. The standard InChI is InChI=1S/C15H30N2O3/c1-6-7-8-9-16-12-10-17(11-13(12)19-5)14(18)20-15(2,3)4/h12-13,16H,6-11H2,1-5H3/t12?,13-/m0/s1. The lowest BCUT2D eigenvalue weighted by Gasteiger charge is -2.24. The first-order valence-corrected chi connectivity index (χ1v) is 7.61. The molecule has 0 aromatic carbocycles. The van der Waals surface area contributed by atoms with E-state index in [1.807, 2.05) is 20.8 Å². The monoisotopic (exact) mass is 286 g/mol. The van der Waals surface area contributed by atoms with E-state index < -0.39 is 5.60 Å². The van der Waals surface area contributed by atoms with Crippen LogP contribution in [0.4, 0.5) is 4.79 Å². The quantitative estimate of drug-likeness (QED) is 0.762. The molecule has 5 heteroatoms. The minimum atomic E-state index is -0.452. The number of rotatable bonds is 6. The molecule has 1 unspecified atom stereocenters. The van der Waals surface area contributed by atoms with Crippen molar-refractivity contribution in [3.63, 3.8) is 0 Å². The molecule has 0 saturated carbocycles. The summed E-state index contributed by atoms with van der Waals surface area (Å²) < 4.78 is 10.9. The fourth-order valence-corrected chi connectivity index (χ4v) is 2.35. The van der Waals surface area contributed by atoms with Gasteiger partial charge in [-0.15, -0.1) is 0 Å². The summed E-state index contributed by atoms with van der Waals surface area (Å²) in [4.78, 5) is 13.8. The lowest BCUT2D eigenvalue weighted by molar-refractivity contribution is 0.0252. The highest BCUT2D eigenvalue weighted by atomic mass is 16.6. The van der Waals surface area contributed by atoms with E-state index in [4.69, 9.17) is 9.47 Å². The maximum Gasteiger partial charge on any atom is 0.410 e. The molecule has 20 heavy (non-hydrogen) atoms. The molecule has 2 atom stereocenters. The van der Waals surface area contributed by atoms with Gasteiger partial charge in [-0.05, 0) is 33.7 Å². The van der Waals surface area contributed by atoms with Gasteiger partial charge in [0.05, 0.1) is 18.7 Å². The third-order valence-corrected chi connectivity index (χ3v) is 3.41. The molecule has 1 saturated heterocycles. The summed E-state index contributed by atoms with van der Waals surface area (Å²) in [5, 5.41) is 3.49. The highest BCUT2D eigenvalue weighted by molar-refractivity contribution is 5.68. The molecule has 1 rings (SSSR count). The van der Waals surface area contributed by atoms with Gasteiger partial charge >= 0.3 is 6.09 Å². The van der Waals surface area contributed by atoms with E-state index in [2.05, 4.69) is 12.2 Å². The molecule has 1 heterocycles. The number of nitrogens with zero attached hydrogens (tertiary/aromatic N) is 1. The number of amides is 1. The van der Waals surface area contributed by atoms with E-state index in [1.165, 1.54) is 12.8 Å². The highest BCUT2D eigenvalue weighted by Crippen LogP contribution is 2.17. The first-order valence-electron chi connectivity index (χ1n) is 7.61. The molecule has 0 aromatic rings. The Labute approximate surface area is 123 Å². The van der Waals surface area contributed by atoms with Crippen LogP contribution in [0.5, 0.6) is 0 Å². The van der Waals surface area contributed by atoms with Crippen molar-refractivity contribution in [2.45, 2.75) is 64.7 Å². The van der Waals surface area contributed by atoms with Crippen molar-refractivity contribution in [1.82, 2.24) is 10.2 Å². The van der Waals surface area contributed by atoms with Crippen LogP contribution in [0.3, 0.4) is 0 Å². The van der Waals surface area contributed by atoms with Crippen LogP contribution in [0.2, 0.25) is 0 Å². The second-order valence-electron chi connectivity index (χ2n) is 6.43. The fraction of sp³-hybridized carbons (Fsp3) is 0.933. The summed E-state index contributed by atoms with van der Waals surface area (Å²) in [6.45, 7) is 10.1. The second kappa shape index (κ2) is 7.84. The van der Waals surface area contributed by atoms with E-state index in [0.717, 1.165) is 13.0 Å². The van der Waals surface area contributed by atoms with Crippen molar-refractivity contribution in [1.29, 1.82) is 0 Å². The number of hydrogen-bond donors (Lipinski definition) is 1. The third-order valence-electron chi connectivity index (χ3n) is 3.41. The van der Waals surface area contributed by atoms with E-state index in [-0.39, 0.29) is 18.2 Å². The number of hydrogen-bond acceptors (Lipinski definition) is 4. The molecule has 0 aliphatic carbocycles. The second-order valence-corrected chi connectivity index (χ2v) is 6.43. The van der Waals surface area contributed by atoms with Crippen molar-refractivity contribution in [3.05, 3.63) is 0 Å². The number of carbonyl (C=O) groups excluding carboxylic acids is 1. The van der Waals surface area contributed by atoms with Gasteiger partial charge in [0.25, 0.3) is 0 Å². The van der Waals surface area contributed by atoms with Crippen LogP contribution in [-0.4, -0.2) is 55.5 Å². The third kappa shape index (κ3) is 5.67. The van der Waals surface area contributed by atoms with Crippen LogP contribution in [0.1, 0.15) is 47.0 Å².